The minimum absolute atomic E-state index is 0.537. The van der Waals surface area contributed by atoms with E-state index in [0.29, 0.717) is 17.1 Å². The topological polar surface area (TPSA) is 63.8 Å². The average molecular weight is 334 g/mol. The third-order valence-corrected chi connectivity index (χ3v) is 4.29. The second kappa shape index (κ2) is 6.33. The summed E-state index contributed by atoms with van der Waals surface area (Å²) in [5.41, 5.74) is 3.37. The molecule has 118 valence electrons. The molecule has 0 spiro atoms. The third-order valence-electron chi connectivity index (χ3n) is 3.47. The summed E-state index contributed by atoms with van der Waals surface area (Å²) >= 11 is 1.52. The van der Waals surface area contributed by atoms with Crippen LogP contribution < -0.4 is 4.72 Å². The number of benzene rings is 1. The van der Waals surface area contributed by atoms with Crippen molar-refractivity contribution in [2.45, 2.75) is 11.8 Å². The van der Waals surface area contributed by atoms with Crippen molar-refractivity contribution in [2.75, 3.05) is 4.72 Å². The molecule has 0 saturated carbocycles. The molecule has 4 rings (SSSR count). The second-order valence-corrected chi connectivity index (χ2v) is 6.17. The molecule has 24 heavy (non-hydrogen) atoms. The molecule has 0 atom stereocenters. The number of hydrogen-bond donors (Lipinski definition) is 1. The van der Waals surface area contributed by atoms with Crippen LogP contribution in [0.5, 0.6) is 0 Å². The van der Waals surface area contributed by atoms with Gasteiger partial charge in [0.1, 0.15) is 5.82 Å². The Morgan fingerprint density at radius 2 is 1.88 bits per heavy atom. The highest BCUT2D eigenvalue weighted by Gasteiger charge is 2.09. The number of fused-ring (bicyclic) bond motifs is 1. The number of hydrogen-bond acceptors (Lipinski definition) is 6. The van der Waals surface area contributed by atoms with Gasteiger partial charge < -0.3 is 9.14 Å². The smallest absolute Gasteiger partial charge is 0.229 e. The predicted octanol–water partition coefficient (Wildman–Crippen LogP) is 4.71. The number of oxazole rings is 1. The van der Waals surface area contributed by atoms with Crippen molar-refractivity contribution in [3.05, 3.63) is 66.5 Å². The fraction of sp³-hybridized carbons (Fsp3) is 0.0556. The lowest BCUT2D eigenvalue weighted by molar-refractivity contribution is 0.619. The highest BCUT2D eigenvalue weighted by molar-refractivity contribution is 8.00. The van der Waals surface area contributed by atoms with E-state index in [1.165, 1.54) is 17.5 Å². The molecular formula is C18H14N4OS. The Balaban J connectivity index is 1.55. The Morgan fingerprint density at radius 3 is 2.71 bits per heavy atom. The molecule has 6 heteroatoms. The zero-order valence-corrected chi connectivity index (χ0v) is 13.7. The molecule has 1 aromatic carbocycles. The van der Waals surface area contributed by atoms with Crippen LogP contribution in [0.4, 0.5) is 5.82 Å². The van der Waals surface area contributed by atoms with Gasteiger partial charge in [-0.1, -0.05) is 17.7 Å². The SMILES string of the molecule is Cc1ccc(SNc2cc(-c3nc4ncccc4o3)ccn2)cc1. The van der Waals surface area contributed by atoms with Crippen LogP contribution in [-0.4, -0.2) is 15.0 Å². The molecule has 0 bridgehead atoms. The van der Waals surface area contributed by atoms with E-state index in [0.717, 1.165) is 16.3 Å². The van der Waals surface area contributed by atoms with Gasteiger partial charge >= 0.3 is 0 Å². The summed E-state index contributed by atoms with van der Waals surface area (Å²) in [6, 6.07) is 15.8. The molecule has 0 aliphatic carbocycles. The standard InChI is InChI=1S/C18H14N4OS/c1-12-4-6-14(7-5-12)24-22-16-11-13(8-10-19-16)18-21-17-15(23-18)3-2-9-20-17/h2-11H,1H3,(H,19,22). The van der Waals surface area contributed by atoms with Crippen molar-refractivity contribution in [2.24, 2.45) is 0 Å². The molecule has 3 aromatic heterocycles. The van der Waals surface area contributed by atoms with Crippen LogP contribution in [0.25, 0.3) is 22.7 Å². The Kier molecular flexibility index (Phi) is 3.88. The van der Waals surface area contributed by atoms with Crippen LogP contribution in [0.3, 0.4) is 0 Å². The van der Waals surface area contributed by atoms with Crippen molar-refractivity contribution in [1.82, 2.24) is 15.0 Å². The Morgan fingerprint density at radius 1 is 1.00 bits per heavy atom. The molecule has 5 nitrogen and oxygen atoms in total. The lowest BCUT2D eigenvalue weighted by atomic mass is 10.2. The summed E-state index contributed by atoms with van der Waals surface area (Å²) in [5, 5.41) is 0. The summed E-state index contributed by atoms with van der Waals surface area (Å²) in [7, 11) is 0. The van der Waals surface area contributed by atoms with E-state index in [2.05, 4.69) is 50.9 Å². The van der Waals surface area contributed by atoms with Gasteiger partial charge in [-0.25, -0.2) is 9.97 Å². The molecule has 3 heterocycles. The first-order chi connectivity index (χ1) is 11.8. The van der Waals surface area contributed by atoms with E-state index < -0.39 is 0 Å². The maximum Gasteiger partial charge on any atom is 0.229 e. The number of rotatable bonds is 4. The van der Waals surface area contributed by atoms with Crippen LogP contribution in [0.2, 0.25) is 0 Å². The number of nitrogens with zero attached hydrogens (tertiary/aromatic N) is 3. The van der Waals surface area contributed by atoms with Gasteiger partial charge in [0.15, 0.2) is 11.2 Å². The summed E-state index contributed by atoms with van der Waals surface area (Å²) in [6.45, 7) is 2.07. The first kappa shape index (κ1) is 14.7. The summed E-state index contributed by atoms with van der Waals surface area (Å²) < 4.78 is 8.99. The molecular weight excluding hydrogens is 320 g/mol. The monoisotopic (exact) mass is 334 g/mol. The van der Waals surface area contributed by atoms with Crippen LogP contribution >= 0.6 is 11.9 Å². The van der Waals surface area contributed by atoms with Gasteiger partial charge in [0, 0.05) is 22.9 Å². The zero-order chi connectivity index (χ0) is 16.4. The van der Waals surface area contributed by atoms with Crippen LogP contribution in [0.1, 0.15) is 5.56 Å². The highest BCUT2D eigenvalue weighted by Crippen LogP contribution is 2.26. The van der Waals surface area contributed by atoms with Crippen molar-refractivity contribution in [3.63, 3.8) is 0 Å². The van der Waals surface area contributed by atoms with Crippen molar-refractivity contribution in [1.29, 1.82) is 0 Å². The van der Waals surface area contributed by atoms with Gasteiger partial charge in [-0.05, 0) is 55.3 Å². The van der Waals surface area contributed by atoms with Crippen molar-refractivity contribution in [3.8, 4) is 11.5 Å². The van der Waals surface area contributed by atoms with E-state index in [1.807, 2.05) is 24.3 Å². The molecule has 1 N–H and O–H groups in total. The molecule has 0 aliphatic rings. The Labute approximate surface area is 143 Å². The van der Waals surface area contributed by atoms with Gasteiger partial charge in [-0.2, -0.15) is 4.98 Å². The molecule has 0 fully saturated rings. The second-order valence-electron chi connectivity index (χ2n) is 5.29. The van der Waals surface area contributed by atoms with Gasteiger partial charge in [0.05, 0.1) is 0 Å². The molecule has 4 aromatic rings. The number of aromatic nitrogens is 3. The fourth-order valence-corrected chi connectivity index (χ4v) is 2.84. The van der Waals surface area contributed by atoms with Gasteiger partial charge in [0.2, 0.25) is 5.89 Å². The molecule has 0 saturated heterocycles. The highest BCUT2D eigenvalue weighted by atomic mass is 32.2. The average Bonchev–Trinajstić information content (AvgIpc) is 3.06. The normalized spacial score (nSPS) is 10.9. The maximum atomic E-state index is 5.75. The van der Waals surface area contributed by atoms with Crippen LogP contribution in [0, 0.1) is 6.92 Å². The molecule has 0 unspecified atom stereocenters. The van der Waals surface area contributed by atoms with Crippen LogP contribution in [0.15, 0.2) is 70.2 Å². The fourth-order valence-electron chi connectivity index (χ4n) is 2.23. The molecule has 0 radical (unpaired) electrons. The minimum atomic E-state index is 0.537. The number of aryl methyl sites for hydroxylation is 1. The maximum absolute atomic E-state index is 5.75. The van der Waals surface area contributed by atoms with E-state index in [-0.39, 0.29) is 0 Å². The molecule has 0 amide bonds. The lowest BCUT2D eigenvalue weighted by Gasteiger charge is -2.05. The van der Waals surface area contributed by atoms with E-state index in [9.17, 15) is 0 Å². The number of anilines is 1. The van der Waals surface area contributed by atoms with Crippen molar-refractivity contribution < 1.29 is 4.42 Å². The van der Waals surface area contributed by atoms with Gasteiger partial charge in [-0.15, -0.1) is 0 Å². The number of nitrogens with one attached hydrogen (secondary N) is 1. The first-order valence-electron chi connectivity index (χ1n) is 7.45. The Bertz CT molecular complexity index is 949. The van der Waals surface area contributed by atoms with Crippen LogP contribution in [-0.2, 0) is 0 Å². The number of pyridine rings is 2. The largest absolute Gasteiger partial charge is 0.434 e. The Hall–Kier alpha value is -2.86. The quantitative estimate of drug-likeness (QED) is 0.545. The van der Waals surface area contributed by atoms with E-state index in [4.69, 9.17) is 4.42 Å². The molecule has 0 aliphatic heterocycles. The third kappa shape index (κ3) is 3.09. The lowest BCUT2D eigenvalue weighted by Crippen LogP contribution is -1.91. The minimum Gasteiger partial charge on any atom is -0.434 e. The summed E-state index contributed by atoms with van der Waals surface area (Å²) in [6.07, 6.45) is 3.43. The summed E-state index contributed by atoms with van der Waals surface area (Å²) in [4.78, 5) is 14.1. The zero-order valence-electron chi connectivity index (χ0n) is 12.9. The summed E-state index contributed by atoms with van der Waals surface area (Å²) in [5.74, 6) is 1.28. The van der Waals surface area contributed by atoms with E-state index >= 15 is 0 Å². The van der Waals surface area contributed by atoms with E-state index in [1.54, 1.807) is 12.4 Å². The van der Waals surface area contributed by atoms with Gasteiger partial charge in [-0.3, -0.25) is 0 Å². The van der Waals surface area contributed by atoms with Crippen molar-refractivity contribution >= 4 is 29.0 Å². The van der Waals surface area contributed by atoms with Gasteiger partial charge in [0.25, 0.3) is 0 Å². The predicted molar refractivity (Wildman–Crippen MR) is 95.7 cm³/mol. The first-order valence-corrected chi connectivity index (χ1v) is 8.27.